The number of furan rings is 1. The Morgan fingerprint density at radius 1 is 1.11 bits per heavy atom. The first-order valence-electron chi connectivity index (χ1n) is 5.83. The maximum atomic E-state index is 5.97. The second-order valence-electron chi connectivity index (χ2n) is 4.46. The SMILES string of the molecule is CC(C)NCc1ccc(-c2cc(Cl)cc(Cl)c2)o1. The first kappa shape index (κ1) is 13.5. The number of halogens is 2. The zero-order valence-corrected chi connectivity index (χ0v) is 11.8. The molecule has 96 valence electrons. The third kappa shape index (κ3) is 3.52. The summed E-state index contributed by atoms with van der Waals surface area (Å²) in [6.45, 7) is 4.91. The Morgan fingerprint density at radius 3 is 2.39 bits per heavy atom. The molecule has 0 atom stereocenters. The van der Waals surface area contributed by atoms with E-state index in [2.05, 4.69) is 19.2 Å². The van der Waals surface area contributed by atoms with Crippen molar-refractivity contribution in [2.75, 3.05) is 0 Å². The van der Waals surface area contributed by atoms with Crippen LogP contribution in [-0.4, -0.2) is 6.04 Å². The smallest absolute Gasteiger partial charge is 0.134 e. The molecule has 2 nitrogen and oxygen atoms in total. The van der Waals surface area contributed by atoms with E-state index in [1.165, 1.54) is 0 Å². The summed E-state index contributed by atoms with van der Waals surface area (Å²) >= 11 is 11.9. The molecule has 0 aliphatic heterocycles. The molecule has 0 spiro atoms. The third-order valence-electron chi connectivity index (χ3n) is 2.49. The molecule has 0 amide bonds. The number of hydrogen-bond donors (Lipinski definition) is 1. The molecule has 1 aromatic heterocycles. The van der Waals surface area contributed by atoms with Gasteiger partial charge in [-0.25, -0.2) is 0 Å². The highest BCUT2D eigenvalue weighted by Gasteiger charge is 2.07. The molecular formula is C14H15Cl2NO. The maximum absolute atomic E-state index is 5.97. The monoisotopic (exact) mass is 283 g/mol. The molecule has 2 rings (SSSR count). The van der Waals surface area contributed by atoms with E-state index in [0.29, 0.717) is 22.6 Å². The van der Waals surface area contributed by atoms with Gasteiger partial charge in [-0.15, -0.1) is 0 Å². The van der Waals surface area contributed by atoms with E-state index < -0.39 is 0 Å². The highest BCUT2D eigenvalue weighted by atomic mass is 35.5. The van der Waals surface area contributed by atoms with Gasteiger partial charge in [0.1, 0.15) is 11.5 Å². The zero-order chi connectivity index (χ0) is 13.1. The lowest BCUT2D eigenvalue weighted by Gasteiger charge is -2.05. The second kappa shape index (κ2) is 5.79. The van der Waals surface area contributed by atoms with Crippen molar-refractivity contribution in [2.24, 2.45) is 0 Å². The van der Waals surface area contributed by atoms with Gasteiger partial charge in [-0.05, 0) is 30.3 Å². The molecule has 0 unspecified atom stereocenters. The second-order valence-corrected chi connectivity index (χ2v) is 5.33. The third-order valence-corrected chi connectivity index (χ3v) is 2.93. The van der Waals surface area contributed by atoms with Crippen molar-refractivity contribution in [1.29, 1.82) is 0 Å². The van der Waals surface area contributed by atoms with Crippen molar-refractivity contribution < 1.29 is 4.42 Å². The van der Waals surface area contributed by atoms with Crippen LogP contribution in [0.3, 0.4) is 0 Å². The standard InChI is InChI=1S/C14H15Cl2NO/c1-9(2)17-8-13-3-4-14(18-13)10-5-11(15)7-12(16)6-10/h3-7,9,17H,8H2,1-2H3. The fourth-order valence-corrected chi connectivity index (χ4v) is 2.15. The number of benzene rings is 1. The Morgan fingerprint density at radius 2 is 1.78 bits per heavy atom. The van der Waals surface area contributed by atoms with Crippen LogP contribution in [0.25, 0.3) is 11.3 Å². The molecular weight excluding hydrogens is 269 g/mol. The van der Waals surface area contributed by atoms with Crippen molar-refractivity contribution in [2.45, 2.75) is 26.4 Å². The average molecular weight is 284 g/mol. The van der Waals surface area contributed by atoms with Gasteiger partial charge in [0, 0.05) is 21.7 Å². The Balaban J connectivity index is 2.18. The topological polar surface area (TPSA) is 25.2 Å². The van der Waals surface area contributed by atoms with Gasteiger partial charge in [-0.1, -0.05) is 37.0 Å². The van der Waals surface area contributed by atoms with Crippen LogP contribution in [0.5, 0.6) is 0 Å². The summed E-state index contributed by atoms with van der Waals surface area (Å²) in [5, 5.41) is 4.52. The summed E-state index contributed by atoms with van der Waals surface area (Å²) in [5.74, 6) is 1.68. The molecule has 0 radical (unpaired) electrons. The van der Waals surface area contributed by atoms with Crippen molar-refractivity contribution in [3.8, 4) is 11.3 Å². The van der Waals surface area contributed by atoms with Crippen LogP contribution in [-0.2, 0) is 6.54 Å². The fourth-order valence-electron chi connectivity index (χ4n) is 1.63. The Labute approximate surface area is 117 Å². The predicted octanol–water partition coefficient (Wildman–Crippen LogP) is 4.75. The molecule has 0 aliphatic rings. The molecule has 2 aromatic rings. The van der Waals surface area contributed by atoms with Gasteiger partial charge in [-0.3, -0.25) is 0 Å². The molecule has 0 aliphatic carbocycles. The summed E-state index contributed by atoms with van der Waals surface area (Å²) in [6, 6.07) is 9.70. The minimum Gasteiger partial charge on any atom is -0.460 e. The van der Waals surface area contributed by atoms with E-state index >= 15 is 0 Å². The lowest BCUT2D eigenvalue weighted by molar-refractivity contribution is 0.473. The van der Waals surface area contributed by atoms with E-state index in [1.54, 1.807) is 6.07 Å². The van der Waals surface area contributed by atoms with Gasteiger partial charge in [0.25, 0.3) is 0 Å². The average Bonchev–Trinajstić information content (AvgIpc) is 2.73. The molecule has 0 fully saturated rings. The molecule has 18 heavy (non-hydrogen) atoms. The van der Waals surface area contributed by atoms with Crippen molar-refractivity contribution in [3.63, 3.8) is 0 Å². The van der Waals surface area contributed by atoms with Crippen LogP contribution in [0.15, 0.2) is 34.7 Å². The fraction of sp³-hybridized carbons (Fsp3) is 0.286. The van der Waals surface area contributed by atoms with Gasteiger partial charge in [-0.2, -0.15) is 0 Å². The summed E-state index contributed by atoms with van der Waals surface area (Å²) in [6.07, 6.45) is 0. The lowest BCUT2D eigenvalue weighted by Crippen LogP contribution is -2.21. The molecule has 1 N–H and O–H groups in total. The van der Waals surface area contributed by atoms with Gasteiger partial charge >= 0.3 is 0 Å². The highest BCUT2D eigenvalue weighted by Crippen LogP contribution is 2.28. The Kier molecular flexibility index (Phi) is 4.33. The van der Waals surface area contributed by atoms with E-state index in [1.807, 2.05) is 24.3 Å². The van der Waals surface area contributed by atoms with Gasteiger partial charge in [0.05, 0.1) is 6.54 Å². The Hall–Kier alpha value is -0.960. The molecule has 1 heterocycles. The van der Waals surface area contributed by atoms with Crippen molar-refractivity contribution >= 4 is 23.2 Å². The molecule has 0 bridgehead atoms. The van der Waals surface area contributed by atoms with Crippen LogP contribution in [0, 0.1) is 0 Å². The number of rotatable bonds is 4. The Bertz CT molecular complexity index is 514. The molecule has 0 saturated heterocycles. The van der Waals surface area contributed by atoms with E-state index in [9.17, 15) is 0 Å². The van der Waals surface area contributed by atoms with Crippen LogP contribution in [0.1, 0.15) is 19.6 Å². The van der Waals surface area contributed by atoms with Gasteiger partial charge in [0.2, 0.25) is 0 Å². The summed E-state index contributed by atoms with van der Waals surface area (Å²) in [4.78, 5) is 0. The van der Waals surface area contributed by atoms with Crippen LogP contribution in [0.4, 0.5) is 0 Å². The first-order valence-corrected chi connectivity index (χ1v) is 6.59. The normalized spacial score (nSPS) is 11.2. The summed E-state index contributed by atoms with van der Waals surface area (Å²) in [7, 11) is 0. The molecule has 0 saturated carbocycles. The van der Waals surface area contributed by atoms with E-state index in [0.717, 1.165) is 17.1 Å². The number of nitrogens with one attached hydrogen (secondary N) is 1. The molecule has 1 aromatic carbocycles. The molecule has 4 heteroatoms. The van der Waals surface area contributed by atoms with Crippen molar-refractivity contribution in [3.05, 3.63) is 46.1 Å². The van der Waals surface area contributed by atoms with E-state index in [4.69, 9.17) is 27.6 Å². The highest BCUT2D eigenvalue weighted by molar-refractivity contribution is 6.35. The zero-order valence-electron chi connectivity index (χ0n) is 10.3. The van der Waals surface area contributed by atoms with Crippen LogP contribution >= 0.6 is 23.2 Å². The maximum Gasteiger partial charge on any atom is 0.134 e. The summed E-state index contributed by atoms with van der Waals surface area (Å²) in [5.41, 5.74) is 0.892. The lowest BCUT2D eigenvalue weighted by atomic mass is 10.2. The van der Waals surface area contributed by atoms with Crippen LogP contribution < -0.4 is 5.32 Å². The van der Waals surface area contributed by atoms with Crippen LogP contribution in [0.2, 0.25) is 10.0 Å². The number of hydrogen-bond acceptors (Lipinski definition) is 2. The summed E-state index contributed by atoms with van der Waals surface area (Å²) < 4.78 is 5.75. The minimum absolute atomic E-state index is 0.430. The van der Waals surface area contributed by atoms with Gasteiger partial charge in [0.15, 0.2) is 0 Å². The largest absolute Gasteiger partial charge is 0.460 e. The van der Waals surface area contributed by atoms with E-state index in [-0.39, 0.29) is 0 Å². The minimum atomic E-state index is 0.430. The quantitative estimate of drug-likeness (QED) is 0.876. The first-order chi connectivity index (χ1) is 8.54. The van der Waals surface area contributed by atoms with Crippen molar-refractivity contribution in [1.82, 2.24) is 5.32 Å². The predicted molar refractivity (Wildman–Crippen MR) is 76.1 cm³/mol. The van der Waals surface area contributed by atoms with Gasteiger partial charge < -0.3 is 9.73 Å².